The first-order valence-corrected chi connectivity index (χ1v) is 14.2. The van der Waals surface area contributed by atoms with E-state index in [2.05, 4.69) is 69.6 Å². The molecule has 1 amide bonds. The summed E-state index contributed by atoms with van der Waals surface area (Å²) in [5, 5.41) is 4.27. The molecule has 2 heterocycles. The molecule has 0 saturated carbocycles. The number of aromatic amines is 1. The molecule has 0 bridgehead atoms. The Kier molecular flexibility index (Phi) is 8.84. The molecule has 0 unspecified atom stereocenters. The molecule has 1 fully saturated rings. The van der Waals surface area contributed by atoms with Gasteiger partial charge in [-0.3, -0.25) is 9.69 Å². The highest BCUT2D eigenvalue weighted by atomic mass is 16.5. The molecule has 204 valence electrons. The summed E-state index contributed by atoms with van der Waals surface area (Å²) in [4.78, 5) is 21.3. The molecule has 1 aliphatic rings. The fourth-order valence-electron chi connectivity index (χ4n) is 5.37. The number of anilines is 2. The largest absolute Gasteiger partial charge is 0.497 e. The van der Waals surface area contributed by atoms with Crippen molar-refractivity contribution in [3.63, 3.8) is 0 Å². The van der Waals surface area contributed by atoms with Crippen LogP contribution in [0.25, 0.3) is 10.9 Å². The lowest BCUT2D eigenvalue weighted by atomic mass is 10.0. The number of carbonyl (C=O) groups is 1. The molecular formula is C33H40N4O2. The summed E-state index contributed by atoms with van der Waals surface area (Å²) >= 11 is 0. The Balaban J connectivity index is 1.15. The Hall–Kier alpha value is -3.77. The molecule has 0 atom stereocenters. The van der Waals surface area contributed by atoms with Gasteiger partial charge in [0.1, 0.15) is 5.75 Å². The third-order valence-corrected chi connectivity index (χ3v) is 7.82. The van der Waals surface area contributed by atoms with Crippen molar-refractivity contribution in [1.82, 2.24) is 9.88 Å². The van der Waals surface area contributed by atoms with Crippen molar-refractivity contribution in [2.45, 2.75) is 39.0 Å². The number of piperazine rings is 1. The van der Waals surface area contributed by atoms with E-state index in [1.165, 1.54) is 41.5 Å². The van der Waals surface area contributed by atoms with Crippen LogP contribution in [0.2, 0.25) is 0 Å². The highest BCUT2D eigenvalue weighted by Crippen LogP contribution is 2.25. The van der Waals surface area contributed by atoms with Crippen molar-refractivity contribution in [3.8, 4) is 5.75 Å². The number of H-pyrrole nitrogens is 1. The van der Waals surface area contributed by atoms with E-state index < -0.39 is 0 Å². The van der Waals surface area contributed by atoms with Crippen LogP contribution in [-0.2, 0) is 12.8 Å². The normalized spacial score (nSPS) is 14.1. The SMILES string of the molecule is CCCCCc1ccc(C(=O)Nc2ccc3[nH]cc(CCN4CCN(c5ccc(OC)cc5)CC4)c3c2)cc1. The van der Waals surface area contributed by atoms with Gasteiger partial charge in [-0.05, 0) is 85.0 Å². The summed E-state index contributed by atoms with van der Waals surface area (Å²) in [5.74, 6) is 0.826. The molecule has 4 aromatic rings. The van der Waals surface area contributed by atoms with E-state index in [4.69, 9.17) is 4.74 Å². The summed E-state index contributed by atoms with van der Waals surface area (Å²) < 4.78 is 5.29. The maximum Gasteiger partial charge on any atom is 0.255 e. The van der Waals surface area contributed by atoms with Crippen LogP contribution in [0, 0.1) is 0 Å². The number of hydrogen-bond donors (Lipinski definition) is 2. The van der Waals surface area contributed by atoms with E-state index in [9.17, 15) is 4.79 Å². The second kappa shape index (κ2) is 12.9. The zero-order valence-electron chi connectivity index (χ0n) is 23.2. The van der Waals surface area contributed by atoms with Crippen molar-refractivity contribution in [2.75, 3.05) is 50.1 Å². The number of methoxy groups -OCH3 is 1. The van der Waals surface area contributed by atoms with Crippen molar-refractivity contribution in [3.05, 3.63) is 89.6 Å². The number of rotatable bonds is 11. The molecule has 6 nitrogen and oxygen atoms in total. The van der Waals surface area contributed by atoms with Crippen molar-refractivity contribution in [2.24, 2.45) is 0 Å². The van der Waals surface area contributed by atoms with Crippen LogP contribution in [0.3, 0.4) is 0 Å². The van der Waals surface area contributed by atoms with E-state index in [1.807, 2.05) is 30.3 Å². The van der Waals surface area contributed by atoms with Gasteiger partial charge in [-0.2, -0.15) is 0 Å². The lowest BCUT2D eigenvalue weighted by Crippen LogP contribution is -2.46. The smallest absolute Gasteiger partial charge is 0.255 e. The van der Waals surface area contributed by atoms with Gasteiger partial charge in [-0.1, -0.05) is 31.9 Å². The van der Waals surface area contributed by atoms with Crippen LogP contribution in [0.5, 0.6) is 5.75 Å². The molecular weight excluding hydrogens is 484 g/mol. The second-order valence-electron chi connectivity index (χ2n) is 10.5. The van der Waals surface area contributed by atoms with Crippen molar-refractivity contribution >= 4 is 28.2 Å². The number of ether oxygens (including phenoxy) is 1. The molecule has 1 aliphatic heterocycles. The predicted octanol–water partition coefficient (Wildman–Crippen LogP) is 6.53. The average molecular weight is 525 g/mol. The van der Waals surface area contributed by atoms with Crippen LogP contribution < -0.4 is 15.0 Å². The number of carbonyl (C=O) groups excluding carboxylic acids is 1. The zero-order chi connectivity index (χ0) is 27.0. The van der Waals surface area contributed by atoms with Gasteiger partial charge in [0.25, 0.3) is 5.91 Å². The standard InChI is InChI=1S/C33H40N4O2/c1-3-4-5-6-25-7-9-26(10-8-25)33(38)35-28-11-16-32-31(23-28)27(24-34-32)17-18-36-19-21-37(22-20-36)29-12-14-30(39-2)15-13-29/h7-16,23-24,34H,3-6,17-22H2,1-2H3,(H,35,38). The Bertz CT molecular complexity index is 1350. The Morgan fingerprint density at radius 1 is 0.923 bits per heavy atom. The minimum absolute atomic E-state index is 0.0683. The first kappa shape index (κ1) is 26.8. The van der Waals surface area contributed by atoms with Gasteiger partial charge in [0.05, 0.1) is 7.11 Å². The molecule has 39 heavy (non-hydrogen) atoms. The summed E-state index contributed by atoms with van der Waals surface area (Å²) in [5.41, 5.74) is 6.45. The quantitative estimate of drug-likeness (QED) is 0.219. The summed E-state index contributed by atoms with van der Waals surface area (Å²) in [6, 6.07) is 22.5. The number of fused-ring (bicyclic) bond motifs is 1. The molecule has 2 N–H and O–H groups in total. The second-order valence-corrected chi connectivity index (χ2v) is 10.5. The Morgan fingerprint density at radius 3 is 2.41 bits per heavy atom. The minimum Gasteiger partial charge on any atom is -0.497 e. The van der Waals surface area contributed by atoms with Gasteiger partial charge in [0, 0.05) is 66.8 Å². The van der Waals surface area contributed by atoms with E-state index in [-0.39, 0.29) is 5.91 Å². The van der Waals surface area contributed by atoms with E-state index in [0.29, 0.717) is 5.56 Å². The Labute approximate surface area is 232 Å². The average Bonchev–Trinajstić information content (AvgIpc) is 3.39. The van der Waals surface area contributed by atoms with Gasteiger partial charge < -0.3 is 19.9 Å². The highest BCUT2D eigenvalue weighted by molar-refractivity contribution is 6.05. The summed E-state index contributed by atoms with van der Waals surface area (Å²) in [6.07, 6.45) is 7.81. The molecule has 5 rings (SSSR count). The molecule has 1 saturated heterocycles. The van der Waals surface area contributed by atoms with E-state index in [0.717, 1.165) is 62.5 Å². The number of aromatic nitrogens is 1. The predicted molar refractivity (Wildman–Crippen MR) is 161 cm³/mol. The Morgan fingerprint density at radius 2 is 1.69 bits per heavy atom. The number of nitrogens with one attached hydrogen (secondary N) is 2. The third-order valence-electron chi connectivity index (χ3n) is 7.82. The number of hydrogen-bond acceptors (Lipinski definition) is 4. The van der Waals surface area contributed by atoms with Crippen molar-refractivity contribution < 1.29 is 9.53 Å². The highest BCUT2D eigenvalue weighted by Gasteiger charge is 2.18. The van der Waals surface area contributed by atoms with E-state index in [1.54, 1.807) is 7.11 Å². The number of aryl methyl sites for hydroxylation is 1. The van der Waals surface area contributed by atoms with Gasteiger partial charge in [0.15, 0.2) is 0 Å². The van der Waals surface area contributed by atoms with Crippen LogP contribution in [0.15, 0.2) is 72.9 Å². The number of benzene rings is 3. The number of unbranched alkanes of at least 4 members (excludes halogenated alkanes) is 2. The van der Waals surface area contributed by atoms with Gasteiger partial charge in [-0.15, -0.1) is 0 Å². The maximum absolute atomic E-state index is 12.9. The van der Waals surface area contributed by atoms with E-state index >= 15 is 0 Å². The molecule has 3 aromatic carbocycles. The third kappa shape index (κ3) is 6.82. The lowest BCUT2D eigenvalue weighted by molar-refractivity contribution is 0.102. The lowest BCUT2D eigenvalue weighted by Gasteiger charge is -2.36. The van der Waals surface area contributed by atoms with Crippen LogP contribution in [0.1, 0.15) is 47.7 Å². The van der Waals surface area contributed by atoms with Gasteiger partial charge in [0.2, 0.25) is 0 Å². The number of nitrogens with zero attached hydrogens (tertiary/aromatic N) is 2. The summed E-state index contributed by atoms with van der Waals surface area (Å²) in [6.45, 7) is 7.38. The maximum atomic E-state index is 12.9. The monoisotopic (exact) mass is 524 g/mol. The first-order chi connectivity index (χ1) is 19.1. The zero-order valence-corrected chi connectivity index (χ0v) is 23.2. The molecule has 0 aliphatic carbocycles. The number of amides is 1. The molecule has 6 heteroatoms. The topological polar surface area (TPSA) is 60.6 Å². The summed E-state index contributed by atoms with van der Waals surface area (Å²) in [7, 11) is 1.70. The van der Waals surface area contributed by atoms with Crippen LogP contribution in [-0.4, -0.2) is 55.6 Å². The molecule has 0 spiro atoms. The minimum atomic E-state index is -0.0683. The van der Waals surface area contributed by atoms with Crippen LogP contribution >= 0.6 is 0 Å². The fraction of sp³-hybridized carbons (Fsp3) is 0.364. The van der Waals surface area contributed by atoms with Gasteiger partial charge in [-0.25, -0.2) is 0 Å². The van der Waals surface area contributed by atoms with Crippen molar-refractivity contribution in [1.29, 1.82) is 0 Å². The first-order valence-electron chi connectivity index (χ1n) is 14.2. The fourth-order valence-corrected chi connectivity index (χ4v) is 5.37. The van der Waals surface area contributed by atoms with Crippen LogP contribution in [0.4, 0.5) is 11.4 Å². The molecule has 1 aromatic heterocycles. The van der Waals surface area contributed by atoms with Gasteiger partial charge >= 0.3 is 0 Å². The molecule has 0 radical (unpaired) electrons.